The number of aryl methyl sites for hydroxylation is 2. The van der Waals surface area contributed by atoms with Crippen molar-refractivity contribution in [2.45, 2.75) is 63.9 Å². The van der Waals surface area contributed by atoms with E-state index in [2.05, 4.69) is 53.7 Å². The molecular formula is C45H56N2O10. The van der Waals surface area contributed by atoms with Gasteiger partial charge in [0.05, 0.1) is 0 Å². The van der Waals surface area contributed by atoms with Crippen LogP contribution < -0.4 is 24.3 Å². The van der Waals surface area contributed by atoms with Gasteiger partial charge in [-0.1, -0.05) is 72.8 Å². The maximum atomic E-state index is 9.55. The minimum absolute atomic E-state index is 0.181. The molecule has 4 aromatic rings. The van der Waals surface area contributed by atoms with E-state index < -0.39 is 11.9 Å². The summed E-state index contributed by atoms with van der Waals surface area (Å²) in [5.74, 6) is 1.04. The fourth-order valence-electron chi connectivity index (χ4n) is 6.14. The van der Waals surface area contributed by atoms with E-state index in [9.17, 15) is 9.59 Å². The average molecular weight is 785 g/mol. The molecule has 0 saturated heterocycles. The van der Waals surface area contributed by atoms with Gasteiger partial charge >= 0.3 is 11.9 Å². The molecule has 0 spiro atoms. The lowest BCUT2D eigenvalue weighted by atomic mass is 10.0. The van der Waals surface area contributed by atoms with E-state index in [1.807, 2.05) is 60.7 Å². The summed E-state index contributed by atoms with van der Waals surface area (Å²) in [6.45, 7) is 5.00. The van der Waals surface area contributed by atoms with E-state index in [1.165, 1.54) is 11.1 Å². The predicted molar refractivity (Wildman–Crippen MR) is 218 cm³/mol. The molecule has 12 heteroatoms. The van der Waals surface area contributed by atoms with Gasteiger partial charge in [0.2, 0.25) is 0 Å². The summed E-state index contributed by atoms with van der Waals surface area (Å²) >= 11 is 0. The van der Waals surface area contributed by atoms with Gasteiger partial charge in [-0.15, -0.1) is 0 Å². The molecule has 2 aliphatic rings. The number of rotatable bonds is 18. The number of carboxylic acids is 2. The zero-order valence-electron chi connectivity index (χ0n) is 32.6. The van der Waals surface area contributed by atoms with Gasteiger partial charge in [0.25, 0.3) is 0 Å². The van der Waals surface area contributed by atoms with Crippen LogP contribution in [0.25, 0.3) is 0 Å². The molecule has 2 aliphatic heterocycles. The normalized spacial score (nSPS) is 15.4. The van der Waals surface area contributed by atoms with Crippen LogP contribution in [0.2, 0.25) is 0 Å². The fraction of sp³-hybridized carbons (Fsp3) is 0.378. The number of likely N-dealkylation sites (N-methyl/N-ethyl adjacent to an activating group) is 1. The van der Waals surface area contributed by atoms with Gasteiger partial charge < -0.3 is 49.6 Å². The number of nitrogens with one attached hydrogen (secondary N) is 1. The molecule has 0 radical (unpaired) electrons. The number of fused-ring (bicyclic) bond motifs is 2. The summed E-state index contributed by atoms with van der Waals surface area (Å²) in [6, 6.07) is 32.6. The molecule has 2 atom stereocenters. The van der Waals surface area contributed by atoms with Crippen molar-refractivity contribution in [1.29, 1.82) is 0 Å². The molecule has 306 valence electrons. The quantitative estimate of drug-likeness (QED) is 0.0599. The molecule has 5 N–H and O–H groups in total. The van der Waals surface area contributed by atoms with Crippen molar-refractivity contribution in [2.75, 3.05) is 46.4 Å². The Morgan fingerprint density at radius 3 is 1.70 bits per heavy atom. The summed E-state index contributed by atoms with van der Waals surface area (Å²) in [5.41, 5.74) is 4.81. The zero-order chi connectivity index (χ0) is 40.7. The van der Waals surface area contributed by atoms with Gasteiger partial charge in [-0.05, 0) is 86.5 Å². The van der Waals surface area contributed by atoms with Crippen molar-refractivity contribution >= 4 is 11.9 Å². The molecule has 0 saturated carbocycles. The third-order valence-corrected chi connectivity index (χ3v) is 9.10. The lowest BCUT2D eigenvalue weighted by Gasteiger charge is -2.29. The van der Waals surface area contributed by atoms with Crippen molar-refractivity contribution in [1.82, 2.24) is 10.2 Å². The van der Waals surface area contributed by atoms with Crippen LogP contribution >= 0.6 is 0 Å². The molecule has 57 heavy (non-hydrogen) atoms. The van der Waals surface area contributed by atoms with Gasteiger partial charge in [-0.2, -0.15) is 0 Å². The van der Waals surface area contributed by atoms with E-state index in [4.69, 9.17) is 39.4 Å². The highest BCUT2D eigenvalue weighted by Crippen LogP contribution is 2.33. The molecule has 0 fully saturated rings. The zero-order valence-corrected chi connectivity index (χ0v) is 32.6. The van der Waals surface area contributed by atoms with Crippen molar-refractivity contribution in [3.05, 3.63) is 131 Å². The van der Waals surface area contributed by atoms with Gasteiger partial charge in [-0.3, -0.25) is 0 Å². The SMILES string of the molecule is CN(CCCO)CC1CCc2ccc(OCc3ccccc3)cc2O1.O=C(O)/C=C/C(=O)O.OCCCNCC1CCc2ccc(OCc3ccccc3)cc2O1. The Balaban J connectivity index is 0.000000213. The Kier molecular flexibility index (Phi) is 19.4. The third-order valence-electron chi connectivity index (χ3n) is 9.10. The van der Waals surface area contributed by atoms with Crippen molar-refractivity contribution < 1.29 is 49.0 Å². The Morgan fingerprint density at radius 2 is 1.21 bits per heavy atom. The summed E-state index contributed by atoms with van der Waals surface area (Å²) < 4.78 is 24.1. The molecule has 2 heterocycles. The molecular weight excluding hydrogens is 728 g/mol. The number of nitrogens with zero attached hydrogens (tertiary/aromatic N) is 1. The smallest absolute Gasteiger partial charge is 0.328 e. The summed E-state index contributed by atoms with van der Waals surface area (Å²) in [4.78, 5) is 21.3. The number of benzene rings is 4. The minimum atomic E-state index is -1.26. The second kappa shape index (κ2) is 25.0. The average Bonchev–Trinajstić information content (AvgIpc) is 3.23. The summed E-state index contributed by atoms with van der Waals surface area (Å²) in [5, 5.41) is 36.7. The van der Waals surface area contributed by atoms with Crippen LogP contribution in [0.3, 0.4) is 0 Å². The first-order valence-electron chi connectivity index (χ1n) is 19.4. The van der Waals surface area contributed by atoms with Crippen molar-refractivity contribution in [3.8, 4) is 23.0 Å². The maximum Gasteiger partial charge on any atom is 0.328 e. The molecule has 2 unspecified atom stereocenters. The highest BCUT2D eigenvalue weighted by Gasteiger charge is 2.22. The highest BCUT2D eigenvalue weighted by molar-refractivity contribution is 5.89. The van der Waals surface area contributed by atoms with E-state index in [1.54, 1.807) is 0 Å². The number of aliphatic carboxylic acids is 2. The molecule has 12 nitrogen and oxygen atoms in total. The molecule has 0 amide bonds. The largest absolute Gasteiger partial charge is 0.489 e. The van der Waals surface area contributed by atoms with Gasteiger partial charge in [-0.25, -0.2) is 9.59 Å². The van der Waals surface area contributed by atoms with Crippen LogP contribution in [0.15, 0.2) is 109 Å². The second-order valence-corrected chi connectivity index (χ2v) is 13.8. The van der Waals surface area contributed by atoms with Crippen LogP contribution in [0.5, 0.6) is 23.0 Å². The molecule has 6 rings (SSSR count). The van der Waals surface area contributed by atoms with E-state index in [-0.39, 0.29) is 25.4 Å². The van der Waals surface area contributed by atoms with E-state index in [0.29, 0.717) is 25.4 Å². The van der Waals surface area contributed by atoms with E-state index in [0.717, 1.165) is 98.8 Å². The molecule has 0 aromatic heterocycles. The Bertz CT molecular complexity index is 1790. The van der Waals surface area contributed by atoms with Crippen molar-refractivity contribution in [3.63, 3.8) is 0 Å². The minimum Gasteiger partial charge on any atom is -0.489 e. The van der Waals surface area contributed by atoms with Crippen molar-refractivity contribution in [2.24, 2.45) is 0 Å². The Morgan fingerprint density at radius 1 is 0.719 bits per heavy atom. The molecule has 0 aliphatic carbocycles. The fourth-order valence-corrected chi connectivity index (χ4v) is 6.14. The van der Waals surface area contributed by atoms with Crippen LogP contribution in [-0.4, -0.2) is 95.9 Å². The third kappa shape index (κ3) is 17.1. The topological polar surface area (TPSA) is 167 Å². The lowest BCUT2D eigenvalue weighted by Crippen LogP contribution is -2.36. The summed E-state index contributed by atoms with van der Waals surface area (Å²) in [6.07, 6.45) is 7.18. The molecule has 0 bridgehead atoms. The Hall–Kier alpha value is -5.40. The molecule has 4 aromatic carbocycles. The first kappa shape index (κ1) is 44.3. The van der Waals surface area contributed by atoms with Gasteiger partial charge in [0.15, 0.2) is 0 Å². The van der Waals surface area contributed by atoms with Gasteiger partial charge in [0, 0.05) is 57.1 Å². The number of ether oxygens (including phenoxy) is 4. The summed E-state index contributed by atoms with van der Waals surface area (Å²) in [7, 11) is 2.08. The highest BCUT2D eigenvalue weighted by atomic mass is 16.5. The van der Waals surface area contributed by atoms with Gasteiger partial charge in [0.1, 0.15) is 48.4 Å². The monoisotopic (exact) mass is 784 g/mol. The number of aliphatic hydroxyl groups excluding tert-OH is 2. The lowest BCUT2D eigenvalue weighted by molar-refractivity contribution is -0.134. The van der Waals surface area contributed by atoms with E-state index >= 15 is 0 Å². The van der Waals surface area contributed by atoms with Crippen LogP contribution in [0, 0.1) is 0 Å². The number of carbonyl (C=O) groups is 2. The maximum absolute atomic E-state index is 9.55. The first-order valence-corrected chi connectivity index (χ1v) is 19.4. The number of hydrogen-bond donors (Lipinski definition) is 5. The predicted octanol–water partition coefficient (Wildman–Crippen LogP) is 5.92. The van der Waals surface area contributed by atoms with Crippen LogP contribution in [-0.2, 0) is 35.6 Å². The van der Waals surface area contributed by atoms with Crippen LogP contribution in [0.1, 0.15) is 47.9 Å². The standard InChI is InChI=1S/C21H27NO3.C20H25NO3.C4H4O4/c1-22(12-5-13-23)15-20-11-9-18-8-10-19(14-21(18)25-20)24-16-17-6-3-2-4-7-17;22-12-4-11-21-14-19-10-8-17-7-9-18(13-20(17)24-19)23-15-16-5-2-1-3-6-16;5-3(6)1-2-4(7)8/h2-4,6-8,10,14,20,23H,5,9,11-13,15-16H2,1H3;1-3,5-7,9,13,19,21-22H,4,8,10-12,14-15H2;1-2H,(H,5,6)(H,7,8)/b;;2-1+. The number of aliphatic hydroxyl groups is 2. The Labute approximate surface area is 335 Å². The number of carboxylic acid groups (broad SMARTS) is 2. The second-order valence-electron chi connectivity index (χ2n) is 13.8. The van der Waals surface area contributed by atoms with Crippen LogP contribution in [0.4, 0.5) is 0 Å². The number of hydrogen-bond acceptors (Lipinski definition) is 10. The first-order chi connectivity index (χ1) is 27.7.